The van der Waals surface area contributed by atoms with Gasteiger partial charge in [-0.2, -0.15) is 0 Å². The van der Waals surface area contributed by atoms with Crippen LogP contribution in [0.5, 0.6) is 17.2 Å². The number of rotatable bonds is 7. The van der Waals surface area contributed by atoms with E-state index in [2.05, 4.69) is 11.1 Å². The number of carbonyl (C=O) groups excluding carboxylic acids is 1. The maximum Gasteiger partial charge on any atom is 0.363 e. The molecule has 7 nitrogen and oxygen atoms in total. The molecule has 3 aromatic carbocycles. The van der Waals surface area contributed by atoms with Crippen molar-refractivity contribution in [2.75, 3.05) is 21.3 Å². The van der Waals surface area contributed by atoms with Crippen molar-refractivity contribution >= 4 is 40.6 Å². The topological polar surface area (TPSA) is 79.2 Å². The third kappa shape index (κ3) is 5.01. The van der Waals surface area contributed by atoms with Crippen LogP contribution in [0, 0.1) is 6.92 Å². The molecule has 0 unspecified atom stereocenters. The third-order valence-corrected chi connectivity index (χ3v) is 6.77. The SMILES string of the molecule is COc1cc(C2=NC(=Cc3cc4cc(C)ccc4nc3Sc3ccccc3)C(=O)O2)cc(OC)c1OC. The summed E-state index contributed by atoms with van der Waals surface area (Å²) >= 11 is 1.53. The molecule has 0 saturated carbocycles. The maximum absolute atomic E-state index is 12.9. The van der Waals surface area contributed by atoms with E-state index in [9.17, 15) is 4.79 Å². The molecule has 0 bridgehead atoms. The zero-order chi connectivity index (χ0) is 25.9. The molecule has 5 rings (SSSR count). The molecule has 0 N–H and O–H groups in total. The van der Waals surface area contributed by atoms with E-state index in [-0.39, 0.29) is 11.6 Å². The largest absolute Gasteiger partial charge is 0.493 e. The van der Waals surface area contributed by atoms with Crippen LogP contribution in [0.1, 0.15) is 16.7 Å². The molecule has 0 spiro atoms. The van der Waals surface area contributed by atoms with Crippen LogP contribution >= 0.6 is 11.8 Å². The minimum absolute atomic E-state index is 0.150. The minimum atomic E-state index is -0.552. The summed E-state index contributed by atoms with van der Waals surface area (Å²) in [7, 11) is 4.57. The van der Waals surface area contributed by atoms with Gasteiger partial charge in [0.15, 0.2) is 17.2 Å². The molecular weight excluding hydrogens is 488 g/mol. The molecule has 2 heterocycles. The zero-order valence-corrected chi connectivity index (χ0v) is 21.6. The van der Waals surface area contributed by atoms with Gasteiger partial charge in [-0.1, -0.05) is 41.6 Å². The monoisotopic (exact) mass is 512 g/mol. The number of aromatic nitrogens is 1. The molecule has 4 aromatic rings. The number of cyclic esters (lactones) is 1. The Hall–Kier alpha value is -4.30. The van der Waals surface area contributed by atoms with Crippen molar-refractivity contribution in [1.29, 1.82) is 0 Å². The van der Waals surface area contributed by atoms with Crippen LogP contribution in [0.25, 0.3) is 17.0 Å². The van der Waals surface area contributed by atoms with E-state index >= 15 is 0 Å². The number of fused-ring (bicyclic) bond motifs is 1. The van der Waals surface area contributed by atoms with Crippen LogP contribution in [-0.2, 0) is 9.53 Å². The van der Waals surface area contributed by atoms with Gasteiger partial charge in [0, 0.05) is 21.4 Å². The summed E-state index contributed by atoms with van der Waals surface area (Å²) < 4.78 is 21.8. The molecule has 0 saturated heterocycles. The number of benzene rings is 3. The maximum atomic E-state index is 12.9. The Morgan fingerprint density at radius 2 is 1.62 bits per heavy atom. The van der Waals surface area contributed by atoms with Crippen LogP contribution in [0.4, 0.5) is 0 Å². The van der Waals surface area contributed by atoms with Gasteiger partial charge in [-0.3, -0.25) is 0 Å². The first-order chi connectivity index (χ1) is 18.0. The van der Waals surface area contributed by atoms with Gasteiger partial charge in [0.05, 0.1) is 26.8 Å². The number of nitrogens with zero attached hydrogens (tertiary/aromatic N) is 2. The Balaban J connectivity index is 1.59. The van der Waals surface area contributed by atoms with E-state index < -0.39 is 5.97 Å². The average Bonchev–Trinajstić information content (AvgIpc) is 3.28. The number of pyridine rings is 1. The first-order valence-electron chi connectivity index (χ1n) is 11.5. The summed E-state index contributed by atoms with van der Waals surface area (Å²) in [4.78, 5) is 23.3. The number of ether oxygens (including phenoxy) is 4. The van der Waals surface area contributed by atoms with Crippen LogP contribution in [0.3, 0.4) is 0 Å². The molecule has 8 heteroatoms. The first kappa shape index (κ1) is 24.4. The molecule has 0 amide bonds. The first-order valence-corrected chi connectivity index (χ1v) is 12.3. The number of aryl methyl sites for hydroxylation is 1. The number of esters is 1. The minimum Gasteiger partial charge on any atom is -0.493 e. The van der Waals surface area contributed by atoms with Gasteiger partial charge in [-0.05, 0) is 55.5 Å². The Morgan fingerprint density at radius 3 is 2.30 bits per heavy atom. The second-order valence-corrected chi connectivity index (χ2v) is 9.31. The van der Waals surface area contributed by atoms with E-state index in [1.807, 2.05) is 55.5 Å². The van der Waals surface area contributed by atoms with Crippen molar-refractivity contribution in [2.45, 2.75) is 16.8 Å². The van der Waals surface area contributed by atoms with Gasteiger partial charge in [-0.15, -0.1) is 0 Å². The lowest BCUT2D eigenvalue weighted by molar-refractivity contribution is -0.129. The Morgan fingerprint density at radius 1 is 0.892 bits per heavy atom. The van der Waals surface area contributed by atoms with E-state index in [0.29, 0.717) is 22.8 Å². The lowest BCUT2D eigenvalue weighted by atomic mass is 10.1. The van der Waals surface area contributed by atoms with Crippen LogP contribution in [-0.4, -0.2) is 38.2 Å². The van der Waals surface area contributed by atoms with Crippen molar-refractivity contribution in [1.82, 2.24) is 4.98 Å². The number of hydrogen-bond acceptors (Lipinski definition) is 8. The van der Waals surface area contributed by atoms with Gasteiger partial charge >= 0.3 is 5.97 Å². The van der Waals surface area contributed by atoms with Gasteiger partial charge in [0.1, 0.15) is 5.03 Å². The molecule has 0 radical (unpaired) electrons. The summed E-state index contributed by atoms with van der Waals surface area (Å²) in [6.07, 6.45) is 1.72. The normalized spacial score (nSPS) is 14.0. The Labute approximate surface area is 218 Å². The van der Waals surface area contributed by atoms with E-state index in [1.165, 1.54) is 33.1 Å². The summed E-state index contributed by atoms with van der Waals surface area (Å²) in [6.45, 7) is 2.03. The van der Waals surface area contributed by atoms with Crippen LogP contribution < -0.4 is 14.2 Å². The zero-order valence-electron chi connectivity index (χ0n) is 20.8. The van der Waals surface area contributed by atoms with Gasteiger partial charge in [0.2, 0.25) is 11.6 Å². The van der Waals surface area contributed by atoms with Crippen LogP contribution in [0.15, 0.2) is 87.3 Å². The van der Waals surface area contributed by atoms with Gasteiger partial charge < -0.3 is 18.9 Å². The molecular formula is C29H24N2O5S. The van der Waals surface area contributed by atoms with Crippen LogP contribution in [0.2, 0.25) is 0 Å². The molecule has 1 aliphatic heterocycles. The highest BCUT2D eigenvalue weighted by Gasteiger charge is 2.27. The van der Waals surface area contributed by atoms with Gasteiger partial charge in [0.25, 0.3) is 0 Å². The molecule has 37 heavy (non-hydrogen) atoms. The lowest BCUT2D eigenvalue weighted by Crippen LogP contribution is -2.07. The molecule has 1 aliphatic rings. The van der Waals surface area contributed by atoms with Crippen molar-refractivity contribution in [3.05, 3.63) is 89.1 Å². The highest BCUT2D eigenvalue weighted by Crippen LogP contribution is 2.39. The second kappa shape index (κ2) is 10.4. The number of methoxy groups -OCH3 is 3. The van der Waals surface area contributed by atoms with Crippen molar-refractivity contribution in [3.63, 3.8) is 0 Å². The summed E-state index contributed by atoms with van der Waals surface area (Å²) in [5.41, 5.74) is 3.47. The van der Waals surface area contributed by atoms with Crippen molar-refractivity contribution in [2.24, 2.45) is 4.99 Å². The predicted molar refractivity (Wildman–Crippen MR) is 144 cm³/mol. The molecule has 0 atom stereocenters. The molecule has 0 fully saturated rings. The Bertz CT molecular complexity index is 1540. The van der Waals surface area contributed by atoms with E-state index in [4.69, 9.17) is 23.9 Å². The smallest absolute Gasteiger partial charge is 0.363 e. The molecule has 186 valence electrons. The molecule has 1 aromatic heterocycles. The van der Waals surface area contributed by atoms with E-state index in [0.717, 1.165) is 32.0 Å². The quantitative estimate of drug-likeness (QED) is 0.220. The second-order valence-electron chi connectivity index (χ2n) is 8.24. The fraction of sp³-hybridized carbons (Fsp3) is 0.138. The third-order valence-electron chi connectivity index (χ3n) is 5.75. The fourth-order valence-corrected chi connectivity index (χ4v) is 4.86. The summed E-state index contributed by atoms with van der Waals surface area (Å²) in [5, 5.41) is 1.74. The van der Waals surface area contributed by atoms with Crippen molar-refractivity contribution < 1.29 is 23.7 Å². The average molecular weight is 513 g/mol. The molecule has 0 aliphatic carbocycles. The Kier molecular flexibility index (Phi) is 6.83. The number of aliphatic imine (C=N–C) groups is 1. The van der Waals surface area contributed by atoms with E-state index in [1.54, 1.807) is 18.2 Å². The lowest BCUT2D eigenvalue weighted by Gasteiger charge is -2.13. The predicted octanol–water partition coefficient (Wildman–Crippen LogP) is 6.06. The van der Waals surface area contributed by atoms with Gasteiger partial charge in [-0.25, -0.2) is 14.8 Å². The number of carbonyl (C=O) groups is 1. The van der Waals surface area contributed by atoms with Crippen molar-refractivity contribution in [3.8, 4) is 17.2 Å². The fourth-order valence-electron chi connectivity index (χ4n) is 3.96. The summed E-state index contributed by atoms with van der Waals surface area (Å²) in [5.74, 6) is 0.906. The number of hydrogen-bond donors (Lipinski definition) is 0. The standard InChI is InChI=1S/C29H24N2O5S/c1-17-10-11-22-18(12-17)13-20(28(31-22)37-21-8-6-5-7-9-21)14-23-29(32)36-27(30-23)19-15-24(33-2)26(35-4)25(16-19)34-3/h5-16H,1-4H3. The highest BCUT2D eigenvalue weighted by molar-refractivity contribution is 7.99. The highest BCUT2D eigenvalue weighted by atomic mass is 32.2. The summed E-state index contributed by atoms with van der Waals surface area (Å²) in [6, 6.07) is 21.5.